The average Bonchev–Trinajstić information content (AvgIpc) is 3.23. The van der Waals surface area contributed by atoms with Gasteiger partial charge in [0.2, 0.25) is 0 Å². The number of rotatable bonds is 4. The van der Waals surface area contributed by atoms with E-state index in [1.54, 1.807) is 7.11 Å². The Kier molecular flexibility index (Phi) is 4.37. The van der Waals surface area contributed by atoms with Gasteiger partial charge in [0.1, 0.15) is 11.4 Å². The lowest BCUT2D eigenvalue weighted by atomic mass is 10.0. The zero-order chi connectivity index (χ0) is 16.4. The number of carbonyl (C=O) groups excluding carboxylic acids is 1. The van der Waals surface area contributed by atoms with Crippen LogP contribution >= 0.6 is 0 Å². The molecule has 122 valence electrons. The van der Waals surface area contributed by atoms with Gasteiger partial charge in [-0.1, -0.05) is 26.0 Å². The molecule has 1 aromatic carbocycles. The quantitative estimate of drug-likeness (QED) is 0.939. The summed E-state index contributed by atoms with van der Waals surface area (Å²) in [6.45, 7) is 4.94. The molecule has 0 radical (unpaired) electrons. The topological polar surface area (TPSA) is 58.2 Å². The van der Waals surface area contributed by atoms with E-state index in [1.807, 2.05) is 35.2 Å². The van der Waals surface area contributed by atoms with E-state index in [1.165, 1.54) is 0 Å². The second-order valence-corrected chi connectivity index (χ2v) is 6.29. The number of hydrogen-bond donors (Lipinski definition) is 1. The van der Waals surface area contributed by atoms with Gasteiger partial charge < -0.3 is 9.64 Å². The lowest BCUT2D eigenvalue weighted by molar-refractivity contribution is 0.0729. The van der Waals surface area contributed by atoms with E-state index >= 15 is 0 Å². The van der Waals surface area contributed by atoms with E-state index in [0.29, 0.717) is 11.6 Å². The van der Waals surface area contributed by atoms with Gasteiger partial charge in [-0.2, -0.15) is 5.10 Å². The highest BCUT2D eigenvalue weighted by atomic mass is 16.5. The van der Waals surface area contributed by atoms with E-state index in [9.17, 15) is 4.79 Å². The van der Waals surface area contributed by atoms with Crippen molar-refractivity contribution in [1.29, 1.82) is 0 Å². The zero-order valence-electron chi connectivity index (χ0n) is 13.9. The molecule has 1 atom stereocenters. The van der Waals surface area contributed by atoms with Gasteiger partial charge >= 0.3 is 0 Å². The molecule has 1 saturated heterocycles. The smallest absolute Gasteiger partial charge is 0.274 e. The number of aromatic amines is 1. The molecule has 1 aliphatic rings. The highest BCUT2D eigenvalue weighted by Crippen LogP contribution is 2.33. The molecule has 3 rings (SSSR count). The number of H-pyrrole nitrogens is 1. The Bertz CT molecular complexity index is 676. The van der Waals surface area contributed by atoms with Crippen LogP contribution in [-0.2, 0) is 0 Å². The highest BCUT2D eigenvalue weighted by Gasteiger charge is 2.31. The lowest BCUT2D eigenvalue weighted by Gasteiger charge is -2.24. The minimum absolute atomic E-state index is 0.00599. The number of amides is 1. The second kappa shape index (κ2) is 6.44. The van der Waals surface area contributed by atoms with E-state index in [2.05, 4.69) is 24.0 Å². The predicted molar refractivity (Wildman–Crippen MR) is 88.7 cm³/mol. The standard InChI is InChI=1S/C18H23N3O2/c1-12(2)15-11-16(20-19-15)18(22)21-10-4-5-17(21)13-6-8-14(23-3)9-7-13/h6-9,11-12,17H,4-5,10H2,1-3H3,(H,19,20)/t17-/m0/s1. The zero-order valence-corrected chi connectivity index (χ0v) is 13.9. The van der Waals surface area contributed by atoms with Gasteiger partial charge in [-0.15, -0.1) is 0 Å². The lowest BCUT2D eigenvalue weighted by Crippen LogP contribution is -2.30. The van der Waals surface area contributed by atoms with Crippen molar-refractivity contribution >= 4 is 5.91 Å². The number of likely N-dealkylation sites (tertiary alicyclic amines) is 1. The fraction of sp³-hybridized carbons (Fsp3) is 0.444. The first-order valence-electron chi connectivity index (χ1n) is 8.10. The first kappa shape index (κ1) is 15.6. The molecule has 23 heavy (non-hydrogen) atoms. The van der Waals surface area contributed by atoms with Crippen molar-refractivity contribution in [2.24, 2.45) is 0 Å². The van der Waals surface area contributed by atoms with Gasteiger partial charge in [0, 0.05) is 12.2 Å². The van der Waals surface area contributed by atoms with Gasteiger partial charge in [0.25, 0.3) is 5.91 Å². The normalized spacial score (nSPS) is 17.7. The molecule has 1 aliphatic heterocycles. The van der Waals surface area contributed by atoms with Crippen LogP contribution in [0.5, 0.6) is 5.75 Å². The number of benzene rings is 1. The Morgan fingerprint density at radius 3 is 2.70 bits per heavy atom. The molecule has 1 N–H and O–H groups in total. The number of hydrogen-bond acceptors (Lipinski definition) is 3. The van der Waals surface area contributed by atoms with Crippen LogP contribution in [0.3, 0.4) is 0 Å². The summed E-state index contributed by atoms with van der Waals surface area (Å²) in [7, 11) is 1.66. The van der Waals surface area contributed by atoms with Crippen LogP contribution in [0, 0.1) is 0 Å². The monoisotopic (exact) mass is 313 g/mol. The van der Waals surface area contributed by atoms with Crippen molar-refractivity contribution in [3.05, 3.63) is 47.3 Å². The van der Waals surface area contributed by atoms with E-state index < -0.39 is 0 Å². The van der Waals surface area contributed by atoms with Gasteiger partial charge in [-0.25, -0.2) is 0 Å². The molecule has 1 fully saturated rings. The molecule has 0 saturated carbocycles. The van der Waals surface area contributed by atoms with Crippen LogP contribution < -0.4 is 4.74 Å². The Morgan fingerprint density at radius 1 is 1.35 bits per heavy atom. The second-order valence-electron chi connectivity index (χ2n) is 6.29. The minimum atomic E-state index is 0.00599. The molecule has 0 bridgehead atoms. The number of methoxy groups -OCH3 is 1. The van der Waals surface area contributed by atoms with Gasteiger partial charge in [0.05, 0.1) is 13.2 Å². The maximum absolute atomic E-state index is 12.8. The van der Waals surface area contributed by atoms with E-state index in [-0.39, 0.29) is 11.9 Å². The summed E-state index contributed by atoms with van der Waals surface area (Å²) in [4.78, 5) is 14.7. The van der Waals surface area contributed by atoms with Crippen molar-refractivity contribution in [1.82, 2.24) is 15.1 Å². The molecule has 0 spiro atoms. The molecule has 1 amide bonds. The summed E-state index contributed by atoms with van der Waals surface area (Å²) >= 11 is 0. The van der Waals surface area contributed by atoms with Crippen LogP contribution in [0.15, 0.2) is 30.3 Å². The van der Waals surface area contributed by atoms with Crippen molar-refractivity contribution in [2.45, 2.75) is 38.6 Å². The third-order valence-corrected chi connectivity index (χ3v) is 4.45. The molecule has 0 unspecified atom stereocenters. The third-order valence-electron chi connectivity index (χ3n) is 4.45. The number of nitrogens with zero attached hydrogens (tertiary/aromatic N) is 2. The summed E-state index contributed by atoms with van der Waals surface area (Å²) in [6, 6.07) is 9.96. The Morgan fingerprint density at radius 2 is 2.09 bits per heavy atom. The van der Waals surface area contributed by atoms with Crippen LogP contribution in [0.25, 0.3) is 0 Å². The fourth-order valence-electron chi connectivity index (χ4n) is 3.07. The van der Waals surface area contributed by atoms with Crippen LogP contribution in [0.1, 0.15) is 60.4 Å². The summed E-state index contributed by atoms with van der Waals surface area (Å²) in [6.07, 6.45) is 2.00. The summed E-state index contributed by atoms with van der Waals surface area (Å²) in [5.41, 5.74) is 2.65. The molecule has 2 aromatic rings. The first-order valence-corrected chi connectivity index (χ1v) is 8.10. The average molecular weight is 313 g/mol. The van der Waals surface area contributed by atoms with Crippen LogP contribution in [0.2, 0.25) is 0 Å². The van der Waals surface area contributed by atoms with Crippen molar-refractivity contribution in [2.75, 3.05) is 13.7 Å². The Balaban J connectivity index is 1.80. The molecular formula is C18H23N3O2. The number of ether oxygens (including phenoxy) is 1. The molecule has 0 aliphatic carbocycles. The molecule has 5 heteroatoms. The van der Waals surface area contributed by atoms with E-state index in [4.69, 9.17) is 4.74 Å². The van der Waals surface area contributed by atoms with Crippen molar-refractivity contribution in [3.8, 4) is 5.75 Å². The highest BCUT2D eigenvalue weighted by molar-refractivity contribution is 5.93. The largest absolute Gasteiger partial charge is 0.497 e. The van der Waals surface area contributed by atoms with Gasteiger partial charge in [0.15, 0.2) is 0 Å². The van der Waals surface area contributed by atoms with Crippen molar-refractivity contribution in [3.63, 3.8) is 0 Å². The third kappa shape index (κ3) is 3.09. The maximum Gasteiger partial charge on any atom is 0.274 e. The maximum atomic E-state index is 12.8. The number of aromatic nitrogens is 2. The van der Waals surface area contributed by atoms with Crippen molar-refractivity contribution < 1.29 is 9.53 Å². The molecule has 5 nitrogen and oxygen atoms in total. The number of carbonyl (C=O) groups is 1. The SMILES string of the molecule is COc1ccc([C@@H]2CCCN2C(=O)c2cc(C(C)C)[nH]n2)cc1. The molecule has 2 heterocycles. The number of nitrogens with one attached hydrogen (secondary N) is 1. The summed E-state index contributed by atoms with van der Waals surface area (Å²) < 4.78 is 5.21. The Hall–Kier alpha value is -2.30. The van der Waals surface area contributed by atoms with Gasteiger partial charge in [-0.3, -0.25) is 9.89 Å². The summed E-state index contributed by atoms with van der Waals surface area (Å²) in [5.74, 6) is 1.17. The minimum Gasteiger partial charge on any atom is -0.497 e. The summed E-state index contributed by atoms with van der Waals surface area (Å²) in [5, 5.41) is 7.17. The van der Waals surface area contributed by atoms with Gasteiger partial charge in [-0.05, 0) is 42.5 Å². The molecular weight excluding hydrogens is 290 g/mol. The molecule has 1 aromatic heterocycles. The fourth-order valence-corrected chi connectivity index (χ4v) is 3.07. The van der Waals surface area contributed by atoms with Crippen LogP contribution in [0.4, 0.5) is 0 Å². The predicted octanol–water partition coefficient (Wildman–Crippen LogP) is 3.52. The first-order chi connectivity index (χ1) is 11.1. The Labute approximate surface area is 136 Å². The van der Waals surface area contributed by atoms with Crippen LogP contribution in [-0.4, -0.2) is 34.7 Å². The van der Waals surface area contributed by atoms with E-state index in [0.717, 1.165) is 36.4 Å².